The van der Waals surface area contributed by atoms with Crippen LogP contribution < -0.4 is 26.0 Å². The second kappa shape index (κ2) is 21.5. The molecule has 6 aromatic heterocycles. The van der Waals surface area contributed by atoms with Gasteiger partial charge < -0.3 is 34.5 Å². The van der Waals surface area contributed by atoms with Crippen molar-refractivity contribution < 1.29 is 33.0 Å². The van der Waals surface area contributed by atoms with E-state index in [-0.39, 0.29) is 25.5 Å². The van der Waals surface area contributed by atoms with Crippen LogP contribution in [0, 0.1) is 0 Å². The maximum absolute atomic E-state index is 12.7. The monoisotopic (exact) mass is 928 g/mol. The number of oxazole rings is 2. The van der Waals surface area contributed by atoms with Gasteiger partial charge >= 0.3 is 5.97 Å². The van der Waals surface area contributed by atoms with Crippen LogP contribution in [0.15, 0.2) is 113 Å². The minimum atomic E-state index is -1.89. The lowest BCUT2D eigenvalue weighted by molar-refractivity contribution is 0.0698. The molecule has 0 aliphatic rings. The minimum Gasteiger partial charge on any atom is -0.483 e. The summed E-state index contributed by atoms with van der Waals surface area (Å²) in [6.45, 7) is 14.2. The first kappa shape index (κ1) is 48.3. The molecule has 336 valence electrons. The van der Waals surface area contributed by atoms with E-state index >= 15 is 0 Å². The number of hydrogen-bond donors (Lipinski definition) is 3. The van der Waals surface area contributed by atoms with Gasteiger partial charge in [-0.25, -0.2) is 33.8 Å². The van der Waals surface area contributed by atoms with Gasteiger partial charge in [-0.1, -0.05) is 72.2 Å². The molecule has 8 rings (SSSR count). The highest BCUT2D eigenvalue weighted by molar-refractivity contribution is 6.93. The van der Waals surface area contributed by atoms with Crippen molar-refractivity contribution in [3.63, 3.8) is 0 Å². The number of carbonyl (C=O) groups excluding carboxylic acids is 1. The van der Waals surface area contributed by atoms with Crippen LogP contribution in [-0.4, -0.2) is 64.2 Å². The quantitative estimate of drug-likeness (QED) is 0.0723. The number of nitrogen functional groups attached to an aromatic ring is 1. The molecule has 64 heavy (non-hydrogen) atoms. The molecular formula is C44H50Cl2N10O7Si. The largest absolute Gasteiger partial charge is 0.483 e. The lowest BCUT2D eigenvalue weighted by atomic mass is 10.2. The van der Waals surface area contributed by atoms with E-state index in [1.807, 2.05) is 0 Å². The highest BCUT2D eigenvalue weighted by atomic mass is 35.5. The van der Waals surface area contributed by atoms with E-state index in [1.165, 1.54) is 34.0 Å². The maximum atomic E-state index is 12.7. The molecule has 0 aliphatic heterocycles. The fraction of sp³-hybridized carbons (Fsp3) is 0.273. The van der Waals surface area contributed by atoms with E-state index < -0.39 is 14.0 Å². The number of anilines is 2. The van der Waals surface area contributed by atoms with Gasteiger partial charge in [-0.3, -0.25) is 4.79 Å². The number of ether oxygens (including phenoxy) is 2. The number of halogens is 2. The highest BCUT2D eigenvalue weighted by Gasteiger charge is 2.49. The number of amides is 1. The molecule has 2 aromatic carbocycles. The van der Waals surface area contributed by atoms with Crippen molar-refractivity contribution in [2.45, 2.75) is 78.8 Å². The van der Waals surface area contributed by atoms with Crippen LogP contribution in [0.2, 0.25) is 26.7 Å². The first-order chi connectivity index (χ1) is 30.2. The molecule has 8 aromatic rings. The lowest BCUT2D eigenvalue weighted by Crippen LogP contribution is -2.56. The van der Waals surface area contributed by atoms with Crippen LogP contribution in [-0.2, 0) is 13.2 Å². The summed E-state index contributed by atoms with van der Waals surface area (Å²) in [4.78, 5) is 39.8. The van der Waals surface area contributed by atoms with Gasteiger partial charge in [0.05, 0.1) is 36.2 Å². The molecule has 0 atom stereocenters. The maximum Gasteiger partial charge on any atom is 0.341 e. The number of carboxylic acid groups (broad SMARTS) is 1. The number of benzene rings is 2. The molecule has 0 aliphatic carbocycles. The van der Waals surface area contributed by atoms with Crippen LogP contribution >= 0.6 is 23.2 Å². The number of fused-ring (bicyclic) bond motifs is 2. The molecule has 0 saturated carbocycles. The minimum absolute atomic E-state index is 0. The third-order valence-corrected chi connectivity index (χ3v) is 17.4. The molecule has 0 fully saturated rings. The van der Waals surface area contributed by atoms with Crippen molar-refractivity contribution in [3.8, 4) is 11.5 Å². The Bertz CT molecular complexity index is 2770. The predicted molar refractivity (Wildman–Crippen MR) is 247 cm³/mol. The zero-order valence-electron chi connectivity index (χ0n) is 35.3. The smallest absolute Gasteiger partial charge is 0.341 e. The normalized spacial score (nSPS) is 11.2. The number of rotatable bonds is 13. The molecule has 0 unspecified atom stereocenters. The number of nitrogens with zero attached hydrogens (tertiary/aromatic N) is 8. The number of aromatic nitrogens is 8. The van der Waals surface area contributed by atoms with Crippen molar-refractivity contribution in [3.05, 3.63) is 137 Å². The van der Waals surface area contributed by atoms with E-state index in [4.69, 9.17) is 52.4 Å². The van der Waals surface area contributed by atoms with Crippen molar-refractivity contribution >= 4 is 71.3 Å². The first-order valence-electron chi connectivity index (χ1n) is 19.7. The van der Waals surface area contributed by atoms with Crippen molar-refractivity contribution in [2.75, 3.05) is 11.1 Å². The Morgan fingerprint density at radius 1 is 0.781 bits per heavy atom. The number of carbonyl (C=O) groups is 2. The zero-order valence-corrected chi connectivity index (χ0v) is 37.8. The summed E-state index contributed by atoms with van der Waals surface area (Å²) >= 11 is 12.0. The predicted octanol–water partition coefficient (Wildman–Crippen LogP) is 9.64. The second-order valence-electron chi connectivity index (χ2n) is 15.0. The number of hydrogen-bond acceptors (Lipinski definition) is 13. The second-order valence-corrected chi connectivity index (χ2v) is 21.7. The molecular weight excluding hydrogens is 880 g/mol. The first-order valence-corrected chi connectivity index (χ1v) is 22.7. The van der Waals surface area contributed by atoms with Gasteiger partial charge in [-0.15, -0.1) is 0 Å². The summed E-state index contributed by atoms with van der Waals surface area (Å²) in [5.74, 6) is 0.951. The van der Waals surface area contributed by atoms with Gasteiger partial charge in [0.25, 0.3) is 5.91 Å². The lowest BCUT2D eigenvalue weighted by Gasteiger charge is -2.39. The van der Waals surface area contributed by atoms with E-state index in [0.29, 0.717) is 78.8 Å². The zero-order chi connectivity index (χ0) is 45.3. The summed E-state index contributed by atoms with van der Waals surface area (Å²) in [7, 11) is -1.89. The van der Waals surface area contributed by atoms with Gasteiger partial charge in [0.1, 0.15) is 35.8 Å². The van der Waals surface area contributed by atoms with Crippen LogP contribution in [0.5, 0.6) is 11.5 Å². The van der Waals surface area contributed by atoms with Crippen LogP contribution in [0.4, 0.5) is 11.4 Å². The molecule has 1 amide bonds. The number of nitrogens with one attached hydrogen (secondary N) is 1. The topological polar surface area (TPSA) is 223 Å². The Labute approximate surface area is 380 Å². The highest BCUT2D eigenvalue weighted by Crippen LogP contribution is 2.41. The fourth-order valence-corrected chi connectivity index (χ4v) is 13.9. The van der Waals surface area contributed by atoms with Gasteiger partial charge in [0, 0.05) is 34.8 Å². The molecule has 20 heteroatoms. The van der Waals surface area contributed by atoms with Gasteiger partial charge in [0.15, 0.2) is 42.8 Å². The Hall–Kier alpha value is -6.76. The Kier molecular flexibility index (Phi) is 16.3. The van der Waals surface area contributed by atoms with Crippen LogP contribution in [0.25, 0.3) is 11.3 Å². The standard InChI is InChI=1S/C19H29ClN2O2Si.C17H12ClN5O3.C7H5N3O2.CH4/c1-12(2)25(13(3)4,14(5)6)19-22-10-16(24-19)11-23-18-8-7-15(20)9-17(18)21;18-11-2-3-15(25-9-12-7-19-10-26-12)14(6-11)22-17(24)13-8-21-23-5-1-4-20-16(13)23;11-7(12)5-4-9-10-3-1-2-8-6(5)10;/h7-10,12-14H,11,21H2,1-6H3;1-8,10H,9H2,(H,22,24);1-4H,(H,11,12);1H4. The summed E-state index contributed by atoms with van der Waals surface area (Å²) in [5.41, 5.74) is 10.7. The van der Waals surface area contributed by atoms with Gasteiger partial charge in [0.2, 0.25) is 0 Å². The molecule has 0 bridgehead atoms. The van der Waals surface area contributed by atoms with Crippen molar-refractivity contribution in [1.82, 2.24) is 39.2 Å². The van der Waals surface area contributed by atoms with Gasteiger partial charge in [-0.2, -0.15) is 10.2 Å². The summed E-state index contributed by atoms with van der Waals surface area (Å²) in [6, 6.07) is 13.6. The van der Waals surface area contributed by atoms with E-state index in [9.17, 15) is 9.59 Å². The van der Waals surface area contributed by atoms with E-state index in [0.717, 1.165) is 11.3 Å². The Morgan fingerprint density at radius 3 is 1.92 bits per heavy atom. The molecule has 0 spiro atoms. The number of nitrogens with two attached hydrogens (primary N) is 1. The molecule has 17 nitrogen and oxygen atoms in total. The third kappa shape index (κ3) is 11.1. The average molecular weight is 930 g/mol. The third-order valence-electron chi connectivity index (χ3n) is 10.2. The van der Waals surface area contributed by atoms with E-state index in [2.05, 4.69) is 77.0 Å². The fourth-order valence-electron chi connectivity index (χ4n) is 7.46. The molecule has 6 heterocycles. The number of carboxylic acids is 1. The van der Waals surface area contributed by atoms with Crippen LogP contribution in [0.3, 0.4) is 0 Å². The molecule has 0 saturated heterocycles. The molecule has 4 N–H and O–H groups in total. The van der Waals surface area contributed by atoms with Crippen molar-refractivity contribution in [2.24, 2.45) is 0 Å². The van der Waals surface area contributed by atoms with E-state index in [1.54, 1.807) is 79.5 Å². The van der Waals surface area contributed by atoms with Crippen molar-refractivity contribution in [1.29, 1.82) is 0 Å². The summed E-state index contributed by atoms with van der Waals surface area (Å²) < 4.78 is 25.7. The number of aromatic carboxylic acids is 1. The Balaban J connectivity index is 0.000000190. The molecule has 0 radical (unpaired) electrons. The SMILES string of the molecule is C.CC(C)[Si](c1ncc(COc2ccc(Cl)cc2N)o1)(C(C)C)C(C)C.O=C(Nc1cc(Cl)ccc1OCc1cnco1)c1cnn2cccnc12.O=C(O)c1cnn2cccnc12. The Morgan fingerprint density at radius 2 is 1.34 bits per heavy atom. The summed E-state index contributed by atoms with van der Waals surface area (Å²) in [5, 5.41) is 20.4. The van der Waals surface area contributed by atoms with Crippen LogP contribution in [0.1, 0.15) is 81.2 Å². The summed E-state index contributed by atoms with van der Waals surface area (Å²) in [6.07, 6.45) is 13.9. The average Bonchev–Trinajstić information content (AvgIpc) is 4.08. The van der Waals surface area contributed by atoms with Gasteiger partial charge in [-0.05, 0) is 65.2 Å².